The van der Waals surface area contributed by atoms with Crippen molar-refractivity contribution in [2.75, 3.05) is 6.61 Å². The van der Waals surface area contributed by atoms with E-state index in [4.69, 9.17) is 4.74 Å². The summed E-state index contributed by atoms with van der Waals surface area (Å²) in [5.74, 6) is -0.586. The Morgan fingerprint density at radius 3 is 2.48 bits per heavy atom. The molecule has 3 rings (SSSR count). The van der Waals surface area contributed by atoms with Crippen LogP contribution in [0.5, 0.6) is 0 Å². The summed E-state index contributed by atoms with van der Waals surface area (Å²) in [4.78, 5) is 29.7. The van der Waals surface area contributed by atoms with Crippen molar-refractivity contribution in [1.82, 2.24) is 4.57 Å². The van der Waals surface area contributed by atoms with Crippen molar-refractivity contribution in [3.05, 3.63) is 61.9 Å². The van der Waals surface area contributed by atoms with Crippen LogP contribution in [-0.4, -0.2) is 23.1 Å². The number of thiazole rings is 1. The summed E-state index contributed by atoms with van der Waals surface area (Å²) in [5, 5.41) is 0. The number of nitrogens with zero attached hydrogens (tertiary/aromatic N) is 2. The number of hydrogen-bond acceptors (Lipinski definition) is 4. The molecule has 0 atom stereocenters. The Labute approximate surface area is 182 Å². The number of fused-ring (bicyclic) bond motifs is 1. The average molecular weight is 475 g/mol. The molecule has 152 valence electrons. The minimum atomic E-state index is -0.353. The molecular weight excluding hydrogens is 452 g/mol. The summed E-state index contributed by atoms with van der Waals surface area (Å²) in [6.45, 7) is 8.17. The maximum absolute atomic E-state index is 12.8. The molecule has 0 aliphatic rings. The van der Waals surface area contributed by atoms with E-state index in [0.29, 0.717) is 11.4 Å². The van der Waals surface area contributed by atoms with Gasteiger partial charge in [-0.2, -0.15) is 4.99 Å². The van der Waals surface area contributed by atoms with Crippen LogP contribution in [0.3, 0.4) is 0 Å². The van der Waals surface area contributed by atoms with E-state index >= 15 is 0 Å². The Kier molecular flexibility index (Phi) is 6.70. The summed E-state index contributed by atoms with van der Waals surface area (Å²) in [6, 6.07) is 9.93. The van der Waals surface area contributed by atoms with Crippen molar-refractivity contribution in [2.45, 2.75) is 40.7 Å². The van der Waals surface area contributed by atoms with Crippen LogP contribution in [0.1, 0.15) is 29.2 Å². The van der Waals surface area contributed by atoms with Crippen LogP contribution in [-0.2, 0) is 27.3 Å². The monoisotopic (exact) mass is 474 g/mol. The largest absolute Gasteiger partial charge is 0.465 e. The van der Waals surface area contributed by atoms with Crippen molar-refractivity contribution < 1.29 is 14.3 Å². The highest BCUT2D eigenvalue weighted by molar-refractivity contribution is 9.10. The molecule has 0 saturated carbocycles. The lowest BCUT2D eigenvalue weighted by Crippen LogP contribution is -2.23. The van der Waals surface area contributed by atoms with E-state index in [9.17, 15) is 9.59 Å². The second-order valence-electron chi connectivity index (χ2n) is 6.95. The van der Waals surface area contributed by atoms with E-state index in [1.54, 1.807) is 11.5 Å². The van der Waals surface area contributed by atoms with E-state index in [1.165, 1.54) is 16.9 Å². The van der Waals surface area contributed by atoms with Crippen LogP contribution in [0.2, 0.25) is 0 Å². The lowest BCUT2D eigenvalue weighted by Gasteiger charge is -2.09. The Morgan fingerprint density at radius 1 is 1.14 bits per heavy atom. The van der Waals surface area contributed by atoms with Gasteiger partial charge in [0.15, 0.2) is 4.80 Å². The number of aryl methyl sites for hydroxylation is 3. The molecular formula is C22H23BrN2O3S. The van der Waals surface area contributed by atoms with Crippen molar-refractivity contribution in [3.8, 4) is 0 Å². The third kappa shape index (κ3) is 5.03. The molecule has 7 heteroatoms. The molecule has 0 N–H and O–H groups in total. The van der Waals surface area contributed by atoms with Crippen LogP contribution < -0.4 is 4.80 Å². The fraction of sp³-hybridized carbons (Fsp3) is 0.318. The van der Waals surface area contributed by atoms with Crippen molar-refractivity contribution >= 4 is 49.4 Å². The van der Waals surface area contributed by atoms with Gasteiger partial charge in [0.05, 0.1) is 23.2 Å². The Bertz CT molecular complexity index is 1140. The van der Waals surface area contributed by atoms with E-state index in [2.05, 4.69) is 33.1 Å². The first-order valence-electron chi connectivity index (χ1n) is 9.37. The number of benzene rings is 2. The fourth-order valence-electron chi connectivity index (χ4n) is 3.41. The molecule has 3 aromatic rings. The molecule has 1 aromatic heterocycles. The molecule has 0 radical (unpaired) electrons. The Balaban J connectivity index is 2.02. The molecule has 0 unspecified atom stereocenters. The van der Waals surface area contributed by atoms with Gasteiger partial charge in [0.25, 0.3) is 5.91 Å². The number of carbonyl (C=O) groups is 2. The standard InChI is InChI=1S/C22H23BrN2O3S/c1-5-28-21(27)12-25-18-7-6-16(23)10-19(18)29-22(25)24-20(26)11-17-14(3)8-13(2)9-15(17)4/h6-10H,5,11-12H2,1-4H3. The number of halogens is 1. The van der Waals surface area contributed by atoms with Gasteiger partial charge >= 0.3 is 5.97 Å². The van der Waals surface area contributed by atoms with Gasteiger partial charge in [-0.05, 0) is 62.6 Å². The quantitative estimate of drug-likeness (QED) is 0.506. The Hall–Kier alpha value is -2.25. The number of carbonyl (C=O) groups excluding carboxylic acids is 2. The van der Waals surface area contributed by atoms with Crippen molar-refractivity contribution in [2.24, 2.45) is 4.99 Å². The van der Waals surface area contributed by atoms with Crippen LogP contribution in [0, 0.1) is 20.8 Å². The van der Waals surface area contributed by atoms with Crippen molar-refractivity contribution in [1.29, 1.82) is 0 Å². The summed E-state index contributed by atoms with van der Waals surface area (Å²) >= 11 is 4.85. The first-order valence-corrected chi connectivity index (χ1v) is 11.0. The second-order valence-corrected chi connectivity index (χ2v) is 8.87. The summed E-state index contributed by atoms with van der Waals surface area (Å²) in [5.41, 5.74) is 5.21. The van der Waals surface area contributed by atoms with Gasteiger partial charge in [-0.3, -0.25) is 9.59 Å². The molecule has 0 aliphatic carbocycles. The molecule has 0 bridgehead atoms. The molecule has 2 aromatic carbocycles. The molecule has 29 heavy (non-hydrogen) atoms. The van der Waals surface area contributed by atoms with Gasteiger partial charge in [0.2, 0.25) is 0 Å². The molecule has 0 saturated heterocycles. The molecule has 5 nitrogen and oxygen atoms in total. The lowest BCUT2D eigenvalue weighted by molar-refractivity contribution is -0.143. The van der Waals surface area contributed by atoms with Crippen molar-refractivity contribution in [3.63, 3.8) is 0 Å². The third-order valence-corrected chi connectivity index (χ3v) is 6.16. The maximum atomic E-state index is 12.8. The smallest absolute Gasteiger partial charge is 0.326 e. The molecule has 1 amide bonds. The van der Waals surface area contributed by atoms with Crippen LogP contribution in [0.25, 0.3) is 10.2 Å². The topological polar surface area (TPSA) is 60.7 Å². The van der Waals surface area contributed by atoms with Gasteiger partial charge in [0, 0.05) is 4.47 Å². The minimum absolute atomic E-state index is 0.0180. The molecule has 0 fully saturated rings. The molecule has 0 spiro atoms. The summed E-state index contributed by atoms with van der Waals surface area (Å²) < 4.78 is 8.71. The van der Waals surface area contributed by atoms with Gasteiger partial charge in [0.1, 0.15) is 6.54 Å². The molecule has 1 heterocycles. The Morgan fingerprint density at radius 2 is 1.83 bits per heavy atom. The van der Waals surface area contributed by atoms with Crippen LogP contribution >= 0.6 is 27.3 Å². The summed E-state index contributed by atoms with van der Waals surface area (Å²) in [6.07, 6.45) is 0.231. The van der Waals surface area contributed by atoms with E-state index in [1.807, 2.05) is 39.0 Å². The number of hydrogen-bond donors (Lipinski definition) is 0. The predicted molar refractivity (Wildman–Crippen MR) is 119 cm³/mol. The van der Waals surface area contributed by atoms with Gasteiger partial charge in [-0.15, -0.1) is 0 Å². The molecule has 0 aliphatic heterocycles. The zero-order valence-corrected chi connectivity index (χ0v) is 19.3. The predicted octanol–water partition coefficient (Wildman–Crippen LogP) is 4.62. The number of esters is 1. The van der Waals surface area contributed by atoms with Crippen LogP contribution in [0.15, 0.2) is 39.8 Å². The lowest BCUT2D eigenvalue weighted by atomic mass is 9.97. The summed E-state index contributed by atoms with van der Waals surface area (Å²) in [7, 11) is 0. The zero-order chi connectivity index (χ0) is 21.1. The highest BCUT2D eigenvalue weighted by atomic mass is 79.9. The number of aromatic nitrogens is 1. The first kappa shape index (κ1) is 21.5. The zero-order valence-electron chi connectivity index (χ0n) is 16.9. The minimum Gasteiger partial charge on any atom is -0.465 e. The first-order chi connectivity index (χ1) is 13.8. The number of amides is 1. The normalized spacial score (nSPS) is 11.8. The SMILES string of the molecule is CCOC(=O)Cn1c(=NC(=O)Cc2c(C)cc(C)cc2C)sc2cc(Br)ccc21. The van der Waals surface area contributed by atoms with E-state index in [-0.39, 0.29) is 24.8 Å². The number of ether oxygens (including phenoxy) is 1. The number of rotatable bonds is 5. The van der Waals surface area contributed by atoms with Gasteiger partial charge < -0.3 is 9.30 Å². The van der Waals surface area contributed by atoms with Crippen LogP contribution in [0.4, 0.5) is 0 Å². The maximum Gasteiger partial charge on any atom is 0.326 e. The highest BCUT2D eigenvalue weighted by Crippen LogP contribution is 2.22. The second kappa shape index (κ2) is 9.05. The van der Waals surface area contributed by atoms with Gasteiger partial charge in [-0.25, -0.2) is 0 Å². The van der Waals surface area contributed by atoms with Gasteiger partial charge in [-0.1, -0.05) is 45.0 Å². The van der Waals surface area contributed by atoms with E-state index in [0.717, 1.165) is 31.4 Å². The highest BCUT2D eigenvalue weighted by Gasteiger charge is 2.14. The van der Waals surface area contributed by atoms with E-state index < -0.39 is 0 Å². The fourth-order valence-corrected chi connectivity index (χ4v) is 5.01. The third-order valence-electron chi connectivity index (χ3n) is 4.63. The average Bonchev–Trinajstić information content (AvgIpc) is 2.94.